The van der Waals surface area contributed by atoms with E-state index in [4.69, 9.17) is 5.11 Å². The first-order valence-electron chi connectivity index (χ1n) is 8.79. The number of carboxylic acids is 1. The summed E-state index contributed by atoms with van der Waals surface area (Å²) in [5.74, 6) is -0.289. The lowest BCUT2D eigenvalue weighted by Crippen LogP contribution is -2.55. The maximum absolute atomic E-state index is 12.4. The van der Waals surface area contributed by atoms with Crippen LogP contribution in [0.2, 0.25) is 0 Å². The van der Waals surface area contributed by atoms with Gasteiger partial charge in [-0.3, -0.25) is 14.5 Å². The third-order valence-corrected chi connectivity index (χ3v) is 5.09. The third kappa shape index (κ3) is 3.66. The number of aromatic nitrogens is 2. The van der Waals surface area contributed by atoms with Crippen LogP contribution in [0.5, 0.6) is 0 Å². The Balaban J connectivity index is 1.32. The lowest BCUT2D eigenvalue weighted by molar-refractivity contribution is -0.139. The second kappa shape index (κ2) is 6.48. The number of imidazole rings is 1. The zero-order valence-corrected chi connectivity index (χ0v) is 14.0. The van der Waals surface area contributed by atoms with Gasteiger partial charge in [-0.25, -0.2) is 4.98 Å². The largest absolute Gasteiger partial charge is 0.480 e. The number of carboxylic acid groups (broad SMARTS) is 1. The number of carbonyl (C=O) groups excluding carboxylic acids is 1. The number of nitrogens with zero attached hydrogens (tertiary/aromatic N) is 3. The first-order chi connectivity index (χ1) is 12.1. The molecule has 1 amide bonds. The van der Waals surface area contributed by atoms with Crippen molar-refractivity contribution in [2.75, 3.05) is 13.1 Å². The average Bonchev–Trinajstić information content (AvgIpc) is 3.23. The Bertz CT molecular complexity index is 759. The molecule has 2 fully saturated rings. The highest BCUT2D eigenvalue weighted by molar-refractivity contribution is 5.93. The number of pyridine rings is 1. The normalized spacial score (nSPS) is 22.8. The molecule has 2 aliphatic rings. The third-order valence-electron chi connectivity index (χ3n) is 5.09. The van der Waals surface area contributed by atoms with Gasteiger partial charge in [-0.1, -0.05) is 6.07 Å². The van der Waals surface area contributed by atoms with Crippen LogP contribution >= 0.6 is 0 Å². The van der Waals surface area contributed by atoms with Gasteiger partial charge in [0.2, 0.25) is 0 Å². The highest BCUT2D eigenvalue weighted by atomic mass is 16.4. The van der Waals surface area contributed by atoms with Gasteiger partial charge in [-0.2, -0.15) is 0 Å². The van der Waals surface area contributed by atoms with Crippen LogP contribution in [0.4, 0.5) is 0 Å². The molecule has 0 spiro atoms. The summed E-state index contributed by atoms with van der Waals surface area (Å²) >= 11 is 0. The van der Waals surface area contributed by atoms with Gasteiger partial charge in [0.05, 0.1) is 6.54 Å². The van der Waals surface area contributed by atoms with Crippen molar-refractivity contribution in [3.63, 3.8) is 0 Å². The molecule has 132 valence electrons. The average molecular weight is 342 g/mol. The van der Waals surface area contributed by atoms with Crippen molar-refractivity contribution in [3.8, 4) is 0 Å². The Labute approximate surface area is 145 Å². The lowest BCUT2D eigenvalue weighted by Gasteiger charge is -2.42. The Morgan fingerprint density at radius 1 is 1.32 bits per heavy atom. The van der Waals surface area contributed by atoms with Crippen LogP contribution in [-0.2, 0) is 4.79 Å². The van der Waals surface area contributed by atoms with Crippen LogP contribution < -0.4 is 5.32 Å². The van der Waals surface area contributed by atoms with Crippen molar-refractivity contribution in [2.24, 2.45) is 5.92 Å². The number of carbonyl (C=O) groups is 2. The van der Waals surface area contributed by atoms with Gasteiger partial charge in [0, 0.05) is 31.0 Å². The summed E-state index contributed by atoms with van der Waals surface area (Å²) in [6.45, 7) is 0.957. The topological polar surface area (TPSA) is 86.9 Å². The molecule has 7 heteroatoms. The number of nitrogens with one attached hydrogen (secondary N) is 1. The first-order valence-corrected chi connectivity index (χ1v) is 8.79. The molecule has 0 atom stereocenters. The SMILES string of the molecule is O=C(O)CN(CC1CC1)C1CC(NC(=O)c2cn3ccccc3n2)C1. The van der Waals surface area contributed by atoms with Crippen molar-refractivity contribution in [2.45, 2.75) is 37.8 Å². The maximum Gasteiger partial charge on any atom is 0.317 e. The molecular formula is C18H22N4O3. The van der Waals surface area contributed by atoms with Crippen molar-refractivity contribution < 1.29 is 14.7 Å². The molecule has 0 saturated heterocycles. The van der Waals surface area contributed by atoms with E-state index in [0.717, 1.165) is 25.0 Å². The monoisotopic (exact) mass is 342 g/mol. The van der Waals surface area contributed by atoms with Gasteiger partial charge in [0.15, 0.2) is 0 Å². The van der Waals surface area contributed by atoms with E-state index in [1.165, 1.54) is 12.8 Å². The predicted molar refractivity (Wildman–Crippen MR) is 91.4 cm³/mol. The first kappa shape index (κ1) is 16.1. The van der Waals surface area contributed by atoms with Gasteiger partial charge in [0.1, 0.15) is 11.3 Å². The summed E-state index contributed by atoms with van der Waals surface area (Å²) in [4.78, 5) is 29.8. The van der Waals surface area contributed by atoms with Crippen LogP contribution in [0.25, 0.3) is 5.65 Å². The van der Waals surface area contributed by atoms with E-state index in [9.17, 15) is 9.59 Å². The molecule has 2 saturated carbocycles. The quantitative estimate of drug-likeness (QED) is 0.794. The molecule has 4 rings (SSSR count). The summed E-state index contributed by atoms with van der Waals surface area (Å²) in [6.07, 6.45) is 7.61. The number of amides is 1. The zero-order chi connectivity index (χ0) is 17.4. The van der Waals surface area contributed by atoms with Crippen molar-refractivity contribution >= 4 is 17.5 Å². The molecule has 0 bridgehead atoms. The molecular weight excluding hydrogens is 320 g/mol. The van der Waals surface area contributed by atoms with Crippen LogP contribution in [-0.4, -0.2) is 56.4 Å². The number of aliphatic carboxylic acids is 1. The van der Waals surface area contributed by atoms with E-state index in [-0.39, 0.29) is 24.5 Å². The van der Waals surface area contributed by atoms with E-state index in [1.807, 2.05) is 28.8 Å². The minimum atomic E-state index is -0.780. The molecule has 0 aromatic carbocycles. The Morgan fingerprint density at radius 2 is 2.12 bits per heavy atom. The molecule has 0 unspecified atom stereocenters. The maximum atomic E-state index is 12.4. The minimum absolute atomic E-state index is 0.0915. The summed E-state index contributed by atoms with van der Waals surface area (Å²) in [6, 6.07) is 5.99. The fourth-order valence-corrected chi connectivity index (χ4v) is 3.46. The van der Waals surface area contributed by atoms with E-state index in [0.29, 0.717) is 11.6 Å². The van der Waals surface area contributed by atoms with Crippen LogP contribution in [0, 0.1) is 5.92 Å². The molecule has 2 aromatic heterocycles. The smallest absolute Gasteiger partial charge is 0.317 e. The molecule has 0 radical (unpaired) electrons. The van der Waals surface area contributed by atoms with E-state index < -0.39 is 5.97 Å². The fourth-order valence-electron chi connectivity index (χ4n) is 3.46. The Kier molecular flexibility index (Phi) is 4.17. The molecule has 2 aromatic rings. The number of hydrogen-bond acceptors (Lipinski definition) is 4. The van der Waals surface area contributed by atoms with Gasteiger partial charge >= 0.3 is 5.97 Å². The fraction of sp³-hybridized carbons (Fsp3) is 0.500. The minimum Gasteiger partial charge on any atom is -0.480 e. The summed E-state index contributed by atoms with van der Waals surface area (Å²) in [7, 11) is 0. The van der Waals surface area contributed by atoms with E-state index in [1.54, 1.807) is 6.20 Å². The molecule has 25 heavy (non-hydrogen) atoms. The van der Waals surface area contributed by atoms with E-state index in [2.05, 4.69) is 15.2 Å². The van der Waals surface area contributed by atoms with Crippen LogP contribution in [0.1, 0.15) is 36.2 Å². The predicted octanol–water partition coefficient (Wildman–Crippen LogP) is 1.39. The van der Waals surface area contributed by atoms with Gasteiger partial charge in [-0.05, 0) is 43.7 Å². The van der Waals surface area contributed by atoms with Crippen LogP contribution in [0.3, 0.4) is 0 Å². The number of fused-ring (bicyclic) bond motifs is 1. The molecule has 2 aliphatic carbocycles. The van der Waals surface area contributed by atoms with Gasteiger partial charge in [-0.15, -0.1) is 0 Å². The van der Waals surface area contributed by atoms with Crippen LogP contribution in [0.15, 0.2) is 30.6 Å². The Hall–Kier alpha value is -2.41. The molecule has 7 nitrogen and oxygen atoms in total. The molecule has 2 heterocycles. The van der Waals surface area contributed by atoms with Gasteiger partial charge in [0.25, 0.3) is 5.91 Å². The lowest BCUT2D eigenvalue weighted by atomic mass is 9.85. The summed E-state index contributed by atoms with van der Waals surface area (Å²) < 4.78 is 1.82. The highest BCUT2D eigenvalue weighted by Gasteiger charge is 2.37. The highest BCUT2D eigenvalue weighted by Crippen LogP contribution is 2.33. The molecule has 2 N–H and O–H groups in total. The molecule has 0 aliphatic heterocycles. The standard InChI is InChI=1S/C18H22N4O3/c23-17(24)11-22(9-12-4-5-12)14-7-13(8-14)19-18(25)15-10-21-6-2-1-3-16(21)20-15/h1-3,6,10,12-14H,4-5,7-9,11H2,(H,19,25)(H,23,24). The summed E-state index contributed by atoms with van der Waals surface area (Å²) in [5.41, 5.74) is 1.16. The second-order valence-electron chi connectivity index (χ2n) is 7.15. The van der Waals surface area contributed by atoms with Crippen molar-refractivity contribution in [3.05, 3.63) is 36.3 Å². The second-order valence-corrected chi connectivity index (χ2v) is 7.15. The summed E-state index contributed by atoms with van der Waals surface area (Å²) in [5, 5.41) is 12.1. The zero-order valence-electron chi connectivity index (χ0n) is 14.0. The van der Waals surface area contributed by atoms with E-state index >= 15 is 0 Å². The number of hydrogen-bond donors (Lipinski definition) is 2. The number of rotatable bonds is 7. The Morgan fingerprint density at radius 3 is 2.80 bits per heavy atom. The van der Waals surface area contributed by atoms with Crippen molar-refractivity contribution in [1.29, 1.82) is 0 Å². The van der Waals surface area contributed by atoms with Crippen molar-refractivity contribution in [1.82, 2.24) is 19.6 Å². The van der Waals surface area contributed by atoms with Gasteiger partial charge < -0.3 is 14.8 Å².